The minimum Gasteiger partial charge on any atom is -0.398 e. The topological polar surface area (TPSA) is 55.1 Å². The SMILES string of the molecule is Cc1ccc(NC(=O)c2cccc(N)c2Cl)cc1Cl. The number of halogens is 2. The molecule has 0 unspecified atom stereocenters. The van der Waals surface area contributed by atoms with Gasteiger partial charge in [-0.25, -0.2) is 0 Å². The molecule has 2 aromatic carbocycles. The quantitative estimate of drug-likeness (QED) is 0.818. The molecule has 0 bridgehead atoms. The van der Waals surface area contributed by atoms with Crippen molar-refractivity contribution in [2.24, 2.45) is 0 Å². The van der Waals surface area contributed by atoms with Crippen molar-refractivity contribution in [2.75, 3.05) is 11.1 Å². The van der Waals surface area contributed by atoms with Crippen LogP contribution in [-0.2, 0) is 0 Å². The lowest BCUT2D eigenvalue weighted by molar-refractivity contribution is 0.102. The molecule has 3 nitrogen and oxygen atoms in total. The predicted octanol–water partition coefficient (Wildman–Crippen LogP) is 4.14. The van der Waals surface area contributed by atoms with Gasteiger partial charge in [0.05, 0.1) is 16.3 Å². The lowest BCUT2D eigenvalue weighted by Gasteiger charge is -2.09. The lowest BCUT2D eigenvalue weighted by Crippen LogP contribution is -2.13. The van der Waals surface area contributed by atoms with Gasteiger partial charge in [0, 0.05) is 10.7 Å². The highest BCUT2D eigenvalue weighted by Gasteiger charge is 2.12. The smallest absolute Gasteiger partial charge is 0.257 e. The Hall–Kier alpha value is -1.71. The summed E-state index contributed by atoms with van der Waals surface area (Å²) in [4.78, 5) is 12.1. The van der Waals surface area contributed by atoms with Crippen molar-refractivity contribution in [3.05, 3.63) is 57.6 Å². The van der Waals surface area contributed by atoms with Gasteiger partial charge in [0.25, 0.3) is 5.91 Å². The maximum Gasteiger partial charge on any atom is 0.257 e. The van der Waals surface area contributed by atoms with Gasteiger partial charge in [-0.15, -0.1) is 0 Å². The average Bonchev–Trinajstić information content (AvgIpc) is 2.37. The summed E-state index contributed by atoms with van der Waals surface area (Å²) in [5, 5.41) is 3.57. The number of nitrogens with two attached hydrogens (primary N) is 1. The molecule has 0 aliphatic heterocycles. The van der Waals surface area contributed by atoms with Crippen LogP contribution >= 0.6 is 23.2 Å². The summed E-state index contributed by atoms with van der Waals surface area (Å²) in [6, 6.07) is 10.2. The first-order valence-corrected chi connectivity index (χ1v) is 6.36. The van der Waals surface area contributed by atoms with Gasteiger partial charge in [-0.05, 0) is 36.8 Å². The van der Waals surface area contributed by atoms with Crippen LogP contribution in [0, 0.1) is 6.92 Å². The van der Waals surface area contributed by atoms with Crippen LogP contribution in [0.25, 0.3) is 0 Å². The van der Waals surface area contributed by atoms with E-state index >= 15 is 0 Å². The van der Waals surface area contributed by atoms with Gasteiger partial charge in [0.2, 0.25) is 0 Å². The zero-order chi connectivity index (χ0) is 14.0. The van der Waals surface area contributed by atoms with Crippen LogP contribution in [-0.4, -0.2) is 5.91 Å². The van der Waals surface area contributed by atoms with Crippen LogP contribution in [0.4, 0.5) is 11.4 Å². The Bertz CT molecular complexity index is 641. The zero-order valence-corrected chi connectivity index (χ0v) is 11.7. The van der Waals surface area contributed by atoms with E-state index < -0.39 is 0 Å². The van der Waals surface area contributed by atoms with E-state index in [0.717, 1.165) is 5.56 Å². The Balaban J connectivity index is 2.26. The van der Waals surface area contributed by atoms with Crippen molar-refractivity contribution in [1.82, 2.24) is 0 Å². The summed E-state index contributed by atoms with van der Waals surface area (Å²) in [6.07, 6.45) is 0. The number of hydrogen-bond acceptors (Lipinski definition) is 2. The molecule has 0 radical (unpaired) electrons. The number of rotatable bonds is 2. The molecule has 0 fully saturated rings. The van der Waals surface area contributed by atoms with E-state index in [2.05, 4.69) is 5.32 Å². The van der Waals surface area contributed by atoms with E-state index in [4.69, 9.17) is 28.9 Å². The van der Waals surface area contributed by atoms with E-state index in [1.807, 2.05) is 13.0 Å². The molecule has 0 aliphatic rings. The van der Waals surface area contributed by atoms with E-state index in [1.54, 1.807) is 30.3 Å². The highest BCUT2D eigenvalue weighted by molar-refractivity contribution is 6.36. The second kappa shape index (κ2) is 5.51. The predicted molar refractivity (Wildman–Crippen MR) is 80.0 cm³/mol. The second-order valence-electron chi connectivity index (χ2n) is 4.13. The van der Waals surface area contributed by atoms with Gasteiger partial charge in [0.1, 0.15) is 0 Å². The largest absolute Gasteiger partial charge is 0.398 e. The minimum atomic E-state index is -0.322. The van der Waals surface area contributed by atoms with Gasteiger partial charge in [0.15, 0.2) is 0 Å². The molecule has 2 aromatic rings. The number of amides is 1. The van der Waals surface area contributed by atoms with Crippen molar-refractivity contribution in [3.8, 4) is 0 Å². The fraction of sp³-hybridized carbons (Fsp3) is 0.0714. The lowest BCUT2D eigenvalue weighted by atomic mass is 10.1. The van der Waals surface area contributed by atoms with Crippen molar-refractivity contribution >= 4 is 40.5 Å². The van der Waals surface area contributed by atoms with Crippen LogP contribution in [0.5, 0.6) is 0 Å². The fourth-order valence-corrected chi connectivity index (χ4v) is 1.99. The molecule has 1 amide bonds. The summed E-state index contributed by atoms with van der Waals surface area (Å²) in [5.74, 6) is -0.322. The van der Waals surface area contributed by atoms with Crippen molar-refractivity contribution in [3.63, 3.8) is 0 Å². The summed E-state index contributed by atoms with van der Waals surface area (Å²) in [7, 11) is 0. The number of nitrogens with one attached hydrogen (secondary N) is 1. The molecule has 5 heteroatoms. The van der Waals surface area contributed by atoms with E-state index in [0.29, 0.717) is 22.0 Å². The first kappa shape index (κ1) is 13.7. The highest BCUT2D eigenvalue weighted by atomic mass is 35.5. The van der Waals surface area contributed by atoms with E-state index in [-0.39, 0.29) is 10.9 Å². The van der Waals surface area contributed by atoms with Gasteiger partial charge < -0.3 is 11.1 Å². The molecule has 0 atom stereocenters. The van der Waals surface area contributed by atoms with E-state index in [9.17, 15) is 4.79 Å². The third-order valence-electron chi connectivity index (χ3n) is 2.70. The molecule has 0 heterocycles. The minimum absolute atomic E-state index is 0.248. The third-order valence-corrected chi connectivity index (χ3v) is 3.53. The Kier molecular flexibility index (Phi) is 3.98. The molecule has 0 spiro atoms. The number of aryl methyl sites for hydroxylation is 1. The highest BCUT2D eigenvalue weighted by Crippen LogP contribution is 2.25. The Morgan fingerprint density at radius 3 is 2.63 bits per heavy atom. The van der Waals surface area contributed by atoms with Crippen molar-refractivity contribution in [1.29, 1.82) is 0 Å². The molecule has 2 rings (SSSR count). The van der Waals surface area contributed by atoms with Crippen molar-refractivity contribution in [2.45, 2.75) is 6.92 Å². The zero-order valence-electron chi connectivity index (χ0n) is 10.2. The molecule has 98 valence electrons. The normalized spacial score (nSPS) is 10.3. The molecular weight excluding hydrogens is 283 g/mol. The van der Waals surface area contributed by atoms with Crippen LogP contribution in [0.15, 0.2) is 36.4 Å². The molecule has 0 aromatic heterocycles. The first-order chi connectivity index (χ1) is 8.99. The Labute approximate surface area is 121 Å². The van der Waals surface area contributed by atoms with Crippen LogP contribution in [0.1, 0.15) is 15.9 Å². The van der Waals surface area contributed by atoms with Gasteiger partial charge >= 0.3 is 0 Å². The average molecular weight is 295 g/mol. The molecule has 19 heavy (non-hydrogen) atoms. The molecule has 3 N–H and O–H groups in total. The fourth-order valence-electron chi connectivity index (χ4n) is 1.59. The summed E-state index contributed by atoms with van der Waals surface area (Å²) in [6.45, 7) is 1.89. The van der Waals surface area contributed by atoms with Crippen LogP contribution < -0.4 is 11.1 Å². The summed E-state index contributed by atoms with van der Waals surface area (Å²) >= 11 is 12.0. The first-order valence-electron chi connectivity index (χ1n) is 5.60. The Morgan fingerprint density at radius 2 is 1.95 bits per heavy atom. The van der Waals surface area contributed by atoms with Gasteiger partial charge in [-0.2, -0.15) is 0 Å². The van der Waals surface area contributed by atoms with Gasteiger partial charge in [-0.3, -0.25) is 4.79 Å². The molecular formula is C14H12Cl2N2O. The summed E-state index contributed by atoms with van der Waals surface area (Å²) in [5.41, 5.74) is 7.92. The number of anilines is 2. The number of benzene rings is 2. The number of nitrogen functional groups attached to an aromatic ring is 1. The Morgan fingerprint density at radius 1 is 1.21 bits per heavy atom. The van der Waals surface area contributed by atoms with Crippen LogP contribution in [0.3, 0.4) is 0 Å². The molecule has 0 aliphatic carbocycles. The summed E-state index contributed by atoms with van der Waals surface area (Å²) < 4.78 is 0. The monoisotopic (exact) mass is 294 g/mol. The molecule has 0 saturated heterocycles. The van der Waals surface area contributed by atoms with Crippen molar-refractivity contribution < 1.29 is 4.79 Å². The van der Waals surface area contributed by atoms with Crippen LogP contribution in [0.2, 0.25) is 10.0 Å². The standard InChI is InChI=1S/C14H12Cl2N2O/c1-8-5-6-9(7-11(8)15)18-14(19)10-3-2-4-12(17)13(10)16/h2-7H,17H2,1H3,(H,18,19). The number of carbonyl (C=O) groups excluding carboxylic acids is 1. The third kappa shape index (κ3) is 3.00. The maximum atomic E-state index is 12.1. The van der Waals surface area contributed by atoms with Gasteiger partial charge in [-0.1, -0.05) is 35.3 Å². The second-order valence-corrected chi connectivity index (χ2v) is 4.91. The number of hydrogen-bond donors (Lipinski definition) is 2. The number of carbonyl (C=O) groups is 1. The molecule has 0 saturated carbocycles. The maximum absolute atomic E-state index is 12.1. The van der Waals surface area contributed by atoms with E-state index in [1.165, 1.54) is 0 Å².